The molecular weight excluding hydrogens is 307 g/mol. The van der Waals surface area contributed by atoms with Crippen LogP contribution in [-0.2, 0) is 10.9 Å². The maximum atomic E-state index is 12.7. The van der Waals surface area contributed by atoms with Crippen LogP contribution in [0.25, 0.3) is 0 Å². The lowest BCUT2D eigenvalue weighted by atomic mass is 10.0. The zero-order chi connectivity index (χ0) is 16.9. The number of ether oxygens (including phenoxy) is 1. The van der Waals surface area contributed by atoms with Gasteiger partial charge in [0, 0.05) is 32.8 Å². The van der Waals surface area contributed by atoms with Crippen LogP contribution in [0, 0.1) is 11.3 Å². The third-order valence-corrected chi connectivity index (χ3v) is 4.03. The standard InChI is InChI=1S/C16H20F3N3O/c1-23-9-8-22-6-4-14(5-7-22)21-15-3-2-13(16(17,18)19)10-12(15)11-20/h2-3,10,14,21H,4-9H2,1H3. The summed E-state index contributed by atoms with van der Waals surface area (Å²) in [6.07, 6.45) is -2.66. The zero-order valence-corrected chi connectivity index (χ0v) is 13.0. The molecule has 1 fully saturated rings. The first-order chi connectivity index (χ1) is 10.9. The minimum absolute atomic E-state index is 0.0293. The normalized spacial score (nSPS) is 17.0. The van der Waals surface area contributed by atoms with E-state index in [1.54, 1.807) is 7.11 Å². The Morgan fingerprint density at radius 1 is 1.35 bits per heavy atom. The molecule has 0 radical (unpaired) electrons. The van der Waals surface area contributed by atoms with Crippen molar-refractivity contribution in [2.45, 2.75) is 25.1 Å². The van der Waals surface area contributed by atoms with Gasteiger partial charge in [0.25, 0.3) is 0 Å². The SMILES string of the molecule is COCCN1CCC(Nc2ccc(C(F)(F)F)cc2C#N)CC1. The monoisotopic (exact) mass is 327 g/mol. The predicted octanol–water partition coefficient (Wildman–Crippen LogP) is 3.10. The molecule has 1 aromatic carbocycles. The average Bonchev–Trinajstić information content (AvgIpc) is 2.53. The van der Waals surface area contributed by atoms with Gasteiger partial charge in [-0.25, -0.2) is 0 Å². The molecule has 1 aliphatic heterocycles. The molecule has 7 heteroatoms. The first kappa shape index (κ1) is 17.6. The van der Waals surface area contributed by atoms with Gasteiger partial charge in [0.1, 0.15) is 6.07 Å². The summed E-state index contributed by atoms with van der Waals surface area (Å²) in [4.78, 5) is 2.29. The number of nitrogens with one attached hydrogen (secondary N) is 1. The Bertz CT molecular complexity index is 561. The topological polar surface area (TPSA) is 48.3 Å². The number of alkyl halides is 3. The molecule has 0 amide bonds. The van der Waals surface area contributed by atoms with E-state index in [1.807, 2.05) is 6.07 Å². The van der Waals surface area contributed by atoms with Crippen LogP contribution in [0.1, 0.15) is 24.0 Å². The Morgan fingerprint density at radius 2 is 2.04 bits per heavy atom. The Hall–Kier alpha value is -1.78. The van der Waals surface area contributed by atoms with Gasteiger partial charge in [0.15, 0.2) is 0 Å². The number of nitriles is 1. The van der Waals surface area contributed by atoms with E-state index >= 15 is 0 Å². The molecule has 0 aromatic heterocycles. The van der Waals surface area contributed by atoms with Crippen LogP contribution in [-0.4, -0.2) is 44.3 Å². The van der Waals surface area contributed by atoms with Crippen LogP contribution in [0.15, 0.2) is 18.2 Å². The van der Waals surface area contributed by atoms with Gasteiger partial charge in [-0.2, -0.15) is 18.4 Å². The number of hydrogen-bond donors (Lipinski definition) is 1. The minimum atomic E-state index is -4.43. The van der Waals surface area contributed by atoms with E-state index in [2.05, 4.69) is 10.2 Å². The van der Waals surface area contributed by atoms with E-state index in [-0.39, 0.29) is 11.6 Å². The Morgan fingerprint density at radius 3 is 2.61 bits per heavy atom. The summed E-state index contributed by atoms with van der Waals surface area (Å²) in [6.45, 7) is 3.38. The van der Waals surface area contributed by atoms with Crippen molar-refractivity contribution in [1.29, 1.82) is 5.26 Å². The summed E-state index contributed by atoms with van der Waals surface area (Å²) in [5.41, 5.74) is -0.300. The maximum Gasteiger partial charge on any atom is 0.416 e. The molecule has 0 atom stereocenters. The highest BCUT2D eigenvalue weighted by molar-refractivity contribution is 5.59. The van der Waals surface area contributed by atoms with Gasteiger partial charge in [-0.15, -0.1) is 0 Å². The van der Waals surface area contributed by atoms with Gasteiger partial charge < -0.3 is 15.0 Å². The summed E-state index contributed by atoms with van der Waals surface area (Å²) in [6, 6.07) is 5.26. The number of methoxy groups -OCH3 is 1. The number of hydrogen-bond acceptors (Lipinski definition) is 4. The fourth-order valence-electron chi connectivity index (χ4n) is 2.68. The number of halogens is 3. The number of rotatable bonds is 5. The second kappa shape index (κ2) is 7.66. The van der Waals surface area contributed by atoms with E-state index in [1.165, 1.54) is 6.07 Å². The van der Waals surface area contributed by atoms with E-state index in [0.29, 0.717) is 12.3 Å². The molecule has 1 aliphatic rings. The minimum Gasteiger partial charge on any atom is -0.383 e. The molecule has 0 unspecified atom stereocenters. The second-order valence-corrected chi connectivity index (χ2v) is 5.62. The first-order valence-corrected chi connectivity index (χ1v) is 7.53. The lowest BCUT2D eigenvalue weighted by Crippen LogP contribution is -2.40. The van der Waals surface area contributed by atoms with Crippen LogP contribution in [0.3, 0.4) is 0 Å². The lowest BCUT2D eigenvalue weighted by Gasteiger charge is -2.32. The quantitative estimate of drug-likeness (QED) is 0.903. The highest BCUT2D eigenvalue weighted by Gasteiger charge is 2.31. The number of benzene rings is 1. The molecule has 1 N–H and O–H groups in total. The van der Waals surface area contributed by atoms with Crippen LogP contribution in [0.5, 0.6) is 0 Å². The number of piperidine rings is 1. The fraction of sp³-hybridized carbons (Fsp3) is 0.562. The highest BCUT2D eigenvalue weighted by atomic mass is 19.4. The Balaban J connectivity index is 1.97. The zero-order valence-electron chi connectivity index (χ0n) is 13.0. The largest absolute Gasteiger partial charge is 0.416 e. The van der Waals surface area contributed by atoms with Gasteiger partial charge >= 0.3 is 6.18 Å². The molecule has 1 saturated heterocycles. The number of likely N-dealkylation sites (tertiary alicyclic amines) is 1. The summed E-state index contributed by atoms with van der Waals surface area (Å²) < 4.78 is 43.1. The second-order valence-electron chi connectivity index (χ2n) is 5.62. The van der Waals surface area contributed by atoms with Crippen LogP contribution in [0.2, 0.25) is 0 Å². The predicted molar refractivity (Wildman–Crippen MR) is 81.1 cm³/mol. The summed E-state index contributed by atoms with van der Waals surface area (Å²) >= 11 is 0. The molecule has 0 saturated carbocycles. The van der Waals surface area contributed by atoms with Crippen molar-refractivity contribution in [3.63, 3.8) is 0 Å². The molecule has 0 spiro atoms. The summed E-state index contributed by atoms with van der Waals surface area (Å²) in [7, 11) is 1.67. The first-order valence-electron chi connectivity index (χ1n) is 7.53. The Kier molecular flexibility index (Phi) is 5.85. The smallest absolute Gasteiger partial charge is 0.383 e. The van der Waals surface area contributed by atoms with Gasteiger partial charge in [-0.05, 0) is 31.0 Å². The summed E-state index contributed by atoms with van der Waals surface area (Å²) in [5, 5.41) is 12.3. The van der Waals surface area contributed by atoms with Crippen molar-refractivity contribution in [1.82, 2.24) is 4.90 Å². The van der Waals surface area contributed by atoms with E-state index in [4.69, 9.17) is 10.00 Å². The van der Waals surface area contributed by atoms with Crippen molar-refractivity contribution < 1.29 is 17.9 Å². The third kappa shape index (κ3) is 4.85. The number of anilines is 1. The van der Waals surface area contributed by atoms with Crippen molar-refractivity contribution in [3.8, 4) is 6.07 Å². The third-order valence-electron chi connectivity index (χ3n) is 4.03. The molecule has 1 aromatic rings. The van der Waals surface area contributed by atoms with Gasteiger partial charge in [-0.3, -0.25) is 0 Å². The van der Waals surface area contributed by atoms with Crippen molar-refractivity contribution in [3.05, 3.63) is 29.3 Å². The molecule has 2 rings (SSSR count). The lowest BCUT2D eigenvalue weighted by molar-refractivity contribution is -0.137. The molecule has 4 nitrogen and oxygen atoms in total. The Labute approximate surface area is 133 Å². The van der Waals surface area contributed by atoms with Gasteiger partial charge in [-0.1, -0.05) is 0 Å². The molecular formula is C16H20F3N3O. The van der Waals surface area contributed by atoms with Crippen molar-refractivity contribution >= 4 is 5.69 Å². The molecule has 1 heterocycles. The van der Waals surface area contributed by atoms with Crippen molar-refractivity contribution in [2.24, 2.45) is 0 Å². The van der Waals surface area contributed by atoms with E-state index in [0.717, 1.165) is 44.6 Å². The van der Waals surface area contributed by atoms with E-state index in [9.17, 15) is 13.2 Å². The van der Waals surface area contributed by atoms with Gasteiger partial charge in [0.05, 0.1) is 23.4 Å². The molecule has 126 valence electrons. The maximum absolute atomic E-state index is 12.7. The highest BCUT2D eigenvalue weighted by Crippen LogP contribution is 2.32. The molecule has 0 aliphatic carbocycles. The van der Waals surface area contributed by atoms with Crippen LogP contribution < -0.4 is 5.32 Å². The van der Waals surface area contributed by atoms with Gasteiger partial charge in [0.2, 0.25) is 0 Å². The average molecular weight is 327 g/mol. The number of nitrogens with zero attached hydrogens (tertiary/aromatic N) is 2. The molecule has 0 bridgehead atoms. The summed E-state index contributed by atoms with van der Waals surface area (Å²) in [5.74, 6) is 0. The van der Waals surface area contributed by atoms with Crippen LogP contribution >= 0.6 is 0 Å². The fourth-order valence-corrected chi connectivity index (χ4v) is 2.68. The van der Waals surface area contributed by atoms with E-state index < -0.39 is 11.7 Å². The van der Waals surface area contributed by atoms with Crippen molar-refractivity contribution in [2.75, 3.05) is 38.7 Å². The van der Waals surface area contributed by atoms with Crippen LogP contribution in [0.4, 0.5) is 18.9 Å². The molecule has 23 heavy (non-hydrogen) atoms.